The zero-order valence-electron chi connectivity index (χ0n) is 10.0. The molecule has 1 saturated heterocycles. The average molecular weight is 247 g/mol. The molecule has 0 aromatic carbocycles. The number of nitrogens with zero attached hydrogens (tertiary/aromatic N) is 1. The molecule has 2 rings (SSSR count). The van der Waals surface area contributed by atoms with Crippen LogP contribution in [0.4, 0.5) is 0 Å². The summed E-state index contributed by atoms with van der Waals surface area (Å²) in [5, 5.41) is 0. The van der Waals surface area contributed by atoms with Crippen molar-refractivity contribution in [3.8, 4) is 0 Å². The maximum Gasteiger partial charge on any atom is 0.223 e. The van der Waals surface area contributed by atoms with Crippen LogP contribution < -0.4 is 5.73 Å². The molecular weight excluding hydrogens is 224 g/mol. The van der Waals surface area contributed by atoms with E-state index in [1.807, 2.05) is 4.90 Å². The lowest BCUT2D eigenvalue weighted by molar-refractivity contribution is -0.136. The van der Waals surface area contributed by atoms with Crippen molar-refractivity contribution in [3.05, 3.63) is 0 Å². The molecule has 0 spiro atoms. The maximum absolute atomic E-state index is 12.0. The Morgan fingerprint density at radius 1 is 1.38 bits per heavy atom. The Morgan fingerprint density at radius 3 is 2.62 bits per heavy atom. The van der Waals surface area contributed by atoms with E-state index in [0.29, 0.717) is 30.3 Å². The van der Waals surface area contributed by atoms with E-state index in [0.717, 1.165) is 19.4 Å². The maximum atomic E-state index is 12.0. The quantitative estimate of drug-likeness (QED) is 0.826. The molecule has 94 valence electrons. The van der Waals surface area contributed by atoms with Crippen LogP contribution in [-0.2, 0) is 4.79 Å². The molecule has 2 unspecified atom stereocenters. The van der Waals surface area contributed by atoms with Crippen LogP contribution in [0.3, 0.4) is 0 Å². The minimum Gasteiger partial charge on any atom is -0.338 e. The molecule has 1 amide bonds. The Bertz CT molecular complexity index is 243. The SMILES string of the molecule is CC1CCCN(C(=O)CC2CC2)C1CN.Cl. The third kappa shape index (κ3) is 3.11. The Balaban J connectivity index is 0.00000128. The molecule has 1 aliphatic heterocycles. The van der Waals surface area contributed by atoms with E-state index in [-0.39, 0.29) is 12.4 Å². The fraction of sp³-hybridized carbons (Fsp3) is 0.917. The van der Waals surface area contributed by atoms with Crippen molar-refractivity contribution in [2.45, 2.75) is 45.1 Å². The van der Waals surface area contributed by atoms with Crippen LogP contribution in [0.25, 0.3) is 0 Å². The van der Waals surface area contributed by atoms with Crippen molar-refractivity contribution in [2.75, 3.05) is 13.1 Å². The second-order valence-corrected chi connectivity index (χ2v) is 5.16. The van der Waals surface area contributed by atoms with Gasteiger partial charge in [0.05, 0.1) is 0 Å². The fourth-order valence-corrected chi connectivity index (χ4v) is 2.60. The van der Waals surface area contributed by atoms with Crippen molar-refractivity contribution >= 4 is 18.3 Å². The Labute approximate surface area is 104 Å². The highest BCUT2D eigenvalue weighted by Gasteiger charge is 2.33. The molecule has 0 aromatic rings. The first-order valence-corrected chi connectivity index (χ1v) is 6.22. The predicted octanol–water partition coefficient (Wildman–Crippen LogP) is 1.79. The second kappa shape index (κ2) is 5.87. The standard InChI is InChI=1S/C12H22N2O.ClH/c1-9-3-2-6-14(11(9)8-13)12(15)7-10-4-5-10;/h9-11H,2-8,13H2,1H3;1H. The third-order valence-electron chi connectivity index (χ3n) is 3.84. The normalized spacial score (nSPS) is 29.8. The monoisotopic (exact) mass is 246 g/mol. The molecule has 4 heteroatoms. The molecule has 2 atom stereocenters. The second-order valence-electron chi connectivity index (χ2n) is 5.16. The summed E-state index contributed by atoms with van der Waals surface area (Å²) in [4.78, 5) is 14.1. The van der Waals surface area contributed by atoms with Crippen molar-refractivity contribution < 1.29 is 4.79 Å². The molecule has 2 N–H and O–H groups in total. The molecule has 2 fully saturated rings. The first kappa shape index (κ1) is 13.8. The Kier molecular flexibility index (Phi) is 5.06. The van der Waals surface area contributed by atoms with Gasteiger partial charge in [-0.25, -0.2) is 0 Å². The van der Waals surface area contributed by atoms with E-state index in [2.05, 4.69) is 6.92 Å². The summed E-state index contributed by atoms with van der Waals surface area (Å²) in [7, 11) is 0. The summed E-state index contributed by atoms with van der Waals surface area (Å²) in [6.45, 7) is 3.77. The number of piperidine rings is 1. The van der Waals surface area contributed by atoms with Gasteiger partial charge in [0, 0.05) is 25.6 Å². The van der Waals surface area contributed by atoms with Gasteiger partial charge in [-0.05, 0) is 37.5 Å². The molecule has 0 bridgehead atoms. The summed E-state index contributed by atoms with van der Waals surface area (Å²) in [5.74, 6) is 1.61. The van der Waals surface area contributed by atoms with Gasteiger partial charge >= 0.3 is 0 Å². The van der Waals surface area contributed by atoms with Crippen molar-refractivity contribution in [1.82, 2.24) is 4.90 Å². The fourth-order valence-electron chi connectivity index (χ4n) is 2.60. The summed E-state index contributed by atoms with van der Waals surface area (Å²) >= 11 is 0. The van der Waals surface area contributed by atoms with Gasteiger partial charge in [0.25, 0.3) is 0 Å². The molecule has 0 aromatic heterocycles. The zero-order valence-corrected chi connectivity index (χ0v) is 10.8. The summed E-state index contributed by atoms with van der Waals surface area (Å²) < 4.78 is 0. The average Bonchev–Trinajstić information content (AvgIpc) is 3.01. The van der Waals surface area contributed by atoms with Crippen LogP contribution in [0.1, 0.15) is 39.0 Å². The van der Waals surface area contributed by atoms with Gasteiger partial charge < -0.3 is 10.6 Å². The number of rotatable bonds is 3. The highest BCUT2D eigenvalue weighted by atomic mass is 35.5. The highest BCUT2D eigenvalue weighted by molar-refractivity contribution is 5.85. The minimum absolute atomic E-state index is 0. The molecule has 16 heavy (non-hydrogen) atoms. The van der Waals surface area contributed by atoms with Gasteiger partial charge in [0.1, 0.15) is 0 Å². The topological polar surface area (TPSA) is 46.3 Å². The Hall–Kier alpha value is -0.280. The lowest BCUT2D eigenvalue weighted by Crippen LogP contribution is -2.51. The summed E-state index contributed by atoms with van der Waals surface area (Å²) in [5.41, 5.74) is 5.77. The van der Waals surface area contributed by atoms with Gasteiger partial charge in [-0.3, -0.25) is 4.79 Å². The van der Waals surface area contributed by atoms with E-state index >= 15 is 0 Å². The molecule has 1 heterocycles. The van der Waals surface area contributed by atoms with Crippen LogP contribution in [0.5, 0.6) is 0 Å². The number of carbonyl (C=O) groups is 1. The van der Waals surface area contributed by atoms with E-state index < -0.39 is 0 Å². The summed E-state index contributed by atoms with van der Waals surface area (Å²) in [6.07, 6.45) is 5.64. The highest BCUT2D eigenvalue weighted by Crippen LogP contribution is 2.34. The number of carbonyl (C=O) groups excluding carboxylic acids is 1. The first-order chi connectivity index (χ1) is 7.22. The minimum atomic E-state index is 0. The molecule has 1 aliphatic carbocycles. The van der Waals surface area contributed by atoms with Crippen molar-refractivity contribution in [3.63, 3.8) is 0 Å². The molecule has 0 radical (unpaired) electrons. The van der Waals surface area contributed by atoms with Gasteiger partial charge in [0.15, 0.2) is 0 Å². The third-order valence-corrected chi connectivity index (χ3v) is 3.84. The summed E-state index contributed by atoms with van der Waals surface area (Å²) in [6, 6.07) is 0.296. The van der Waals surface area contributed by atoms with Gasteiger partial charge in [0.2, 0.25) is 5.91 Å². The van der Waals surface area contributed by atoms with Crippen LogP contribution in [-0.4, -0.2) is 29.9 Å². The number of nitrogens with two attached hydrogens (primary N) is 1. The number of halogens is 1. The molecular formula is C12H23ClN2O. The molecule has 1 saturated carbocycles. The number of likely N-dealkylation sites (tertiary alicyclic amines) is 1. The van der Waals surface area contributed by atoms with Gasteiger partial charge in [-0.1, -0.05) is 6.92 Å². The largest absolute Gasteiger partial charge is 0.338 e. The van der Waals surface area contributed by atoms with E-state index in [9.17, 15) is 4.79 Å². The van der Waals surface area contributed by atoms with Crippen LogP contribution in [0, 0.1) is 11.8 Å². The molecule has 2 aliphatic rings. The van der Waals surface area contributed by atoms with E-state index in [1.165, 1.54) is 19.3 Å². The van der Waals surface area contributed by atoms with E-state index in [1.54, 1.807) is 0 Å². The van der Waals surface area contributed by atoms with Gasteiger partial charge in [-0.15, -0.1) is 12.4 Å². The lowest BCUT2D eigenvalue weighted by Gasteiger charge is -2.39. The van der Waals surface area contributed by atoms with Crippen LogP contribution in [0.15, 0.2) is 0 Å². The van der Waals surface area contributed by atoms with Crippen LogP contribution >= 0.6 is 12.4 Å². The number of hydrogen-bond acceptors (Lipinski definition) is 2. The lowest BCUT2D eigenvalue weighted by atomic mass is 9.90. The van der Waals surface area contributed by atoms with E-state index in [4.69, 9.17) is 5.73 Å². The first-order valence-electron chi connectivity index (χ1n) is 6.22. The van der Waals surface area contributed by atoms with Gasteiger partial charge in [-0.2, -0.15) is 0 Å². The zero-order chi connectivity index (χ0) is 10.8. The Morgan fingerprint density at radius 2 is 2.06 bits per heavy atom. The van der Waals surface area contributed by atoms with Crippen molar-refractivity contribution in [1.29, 1.82) is 0 Å². The number of hydrogen-bond donors (Lipinski definition) is 1. The number of amides is 1. The predicted molar refractivity (Wildman–Crippen MR) is 67.5 cm³/mol. The van der Waals surface area contributed by atoms with Crippen LogP contribution in [0.2, 0.25) is 0 Å². The molecule has 3 nitrogen and oxygen atoms in total. The van der Waals surface area contributed by atoms with Crippen molar-refractivity contribution in [2.24, 2.45) is 17.6 Å². The smallest absolute Gasteiger partial charge is 0.223 e.